The van der Waals surface area contributed by atoms with Gasteiger partial charge in [0.15, 0.2) is 0 Å². The summed E-state index contributed by atoms with van der Waals surface area (Å²) in [6.07, 6.45) is 6.94. The molecule has 1 aliphatic carbocycles. The topological polar surface area (TPSA) is 3.24 Å². The molecule has 0 amide bonds. The van der Waals surface area contributed by atoms with E-state index in [0.29, 0.717) is 12.0 Å². The van der Waals surface area contributed by atoms with Gasteiger partial charge in [0.05, 0.1) is 0 Å². The number of rotatable bonds is 5. The number of nitrogens with zero attached hydrogens (tertiary/aromatic N) is 1. The van der Waals surface area contributed by atoms with E-state index in [2.05, 4.69) is 105 Å². The molecular weight excluding hydrogens is 297 g/mol. The monoisotopic (exact) mass is 321 g/mol. The summed E-state index contributed by atoms with van der Waals surface area (Å²) in [5, 5.41) is 4.41. The maximum Gasteiger partial charge on any atom is 0.0185 e. The van der Waals surface area contributed by atoms with Gasteiger partial charge < -0.3 is 4.90 Å². The van der Waals surface area contributed by atoms with Crippen LogP contribution in [0.5, 0.6) is 0 Å². The third-order valence-corrected chi connectivity index (χ3v) is 7.14. The highest BCUT2D eigenvalue weighted by Crippen LogP contribution is 2.50. The molecule has 2 heteroatoms. The lowest BCUT2D eigenvalue weighted by atomic mass is 10.0. The first-order valence-corrected chi connectivity index (χ1v) is 9.47. The van der Waals surface area contributed by atoms with Crippen molar-refractivity contribution in [1.82, 2.24) is 4.90 Å². The van der Waals surface area contributed by atoms with Gasteiger partial charge in [-0.05, 0) is 44.9 Å². The fraction of sp³-hybridized carbons (Fsp3) is 0.238. The Hall–Kier alpha value is -1.69. The number of allylic oxidation sites excluding steroid dienone is 2. The first-order chi connectivity index (χ1) is 11.2. The molecule has 0 saturated heterocycles. The third-order valence-electron chi connectivity index (χ3n) is 4.55. The van der Waals surface area contributed by atoms with E-state index in [9.17, 15) is 0 Å². The second-order valence-electron chi connectivity index (χ2n) is 6.21. The van der Waals surface area contributed by atoms with Crippen molar-refractivity contribution in [1.29, 1.82) is 0 Å². The normalized spacial score (nSPS) is 18.5. The Morgan fingerprint density at radius 2 is 1.39 bits per heavy atom. The van der Waals surface area contributed by atoms with Crippen molar-refractivity contribution < 1.29 is 0 Å². The summed E-state index contributed by atoms with van der Waals surface area (Å²) in [6, 6.07) is 22.4. The maximum absolute atomic E-state index is 2.36. The van der Waals surface area contributed by atoms with E-state index < -0.39 is 7.92 Å². The highest BCUT2D eigenvalue weighted by molar-refractivity contribution is 7.76. The van der Waals surface area contributed by atoms with E-state index in [4.69, 9.17) is 0 Å². The van der Waals surface area contributed by atoms with Gasteiger partial charge in [0.2, 0.25) is 0 Å². The molecule has 0 spiro atoms. The van der Waals surface area contributed by atoms with Gasteiger partial charge in [-0.1, -0.05) is 78.9 Å². The Morgan fingerprint density at radius 3 is 1.87 bits per heavy atom. The fourth-order valence-electron chi connectivity index (χ4n) is 3.04. The Morgan fingerprint density at radius 1 is 0.870 bits per heavy atom. The number of hydrogen-bond acceptors (Lipinski definition) is 1. The lowest BCUT2D eigenvalue weighted by Gasteiger charge is -2.32. The molecule has 0 radical (unpaired) electrons. The molecule has 2 unspecified atom stereocenters. The average molecular weight is 321 g/mol. The molecule has 0 saturated carbocycles. The summed E-state index contributed by atoms with van der Waals surface area (Å²) in [4.78, 5) is 2.32. The van der Waals surface area contributed by atoms with Crippen molar-refractivity contribution in [2.45, 2.75) is 13.0 Å². The molecule has 3 rings (SSSR count). The van der Waals surface area contributed by atoms with Crippen LogP contribution in [0.25, 0.3) is 0 Å². The van der Waals surface area contributed by atoms with Crippen molar-refractivity contribution in [2.24, 2.45) is 5.92 Å². The highest BCUT2D eigenvalue weighted by atomic mass is 31.1. The predicted molar refractivity (Wildman–Crippen MR) is 103 cm³/mol. The maximum atomic E-state index is 2.36. The summed E-state index contributed by atoms with van der Waals surface area (Å²) >= 11 is 0. The SMILES string of the molecule is CC(C1C=CC=C1P(c1ccccc1)c1ccccc1)N(C)C. The van der Waals surface area contributed by atoms with Gasteiger partial charge in [-0.2, -0.15) is 0 Å². The van der Waals surface area contributed by atoms with Crippen molar-refractivity contribution >= 4 is 18.5 Å². The standard InChI is InChI=1S/C21H24NP/c1-17(22(2)3)20-15-10-16-21(20)23(18-11-6-4-7-12-18)19-13-8-5-9-14-19/h4-17,20H,1-3H3. The van der Waals surface area contributed by atoms with Crippen LogP contribution in [0.4, 0.5) is 0 Å². The van der Waals surface area contributed by atoms with E-state index in [-0.39, 0.29) is 0 Å². The predicted octanol–water partition coefficient (Wildman–Crippen LogP) is 4.14. The van der Waals surface area contributed by atoms with Crippen LogP contribution in [0, 0.1) is 5.92 Å². The van der Waals surface area contributed by atoms with Gasteiger partial charge in [-0.25, -0.2) is 0 Å². The van der Waals surface area contributed by atoms with Gasteiger partial charge >= 0.3 is 0 Å². The van der Waals surface area contributed by atoms with Crippen LogP contribution in [0.2, 0.25) is 0 Å². The van der Waals surface area contributed by atoms with Gasteiger partial charge in [0.1, 0.15) is 0 Å². The molecule has 2 aromatic carbocycles. The molecular formula is C21H24NP. The minimum atomic E-state index is -0.477. The van der Waals surface area contributed by atoms with Crippen LogP contribution in [0.3, 0.4) is 0 Å². The second kappa shape index (κ2) is 7.25. The Balaban J connectivity index is 2.03. The van der Waals surface area contributed by atoms with Gasteiger partial charge in [0, 0.05) is 12.0 Å². The van der Waals surface area contributed by atoms with Crippen LogP contribution in [-0.4, -0.2) is 25.0 Å². The number of benzene rings is 2. The molecule has 0 bridgehead atoms. The van der Waals surface area contributed by atoms with Gasteiger partial charge in [-0.15, -0.1) is 0 Å². The van der Waals surface area contributed by atoms with Crippen molar-refractivity contribution in [3.63, 3.8) is 0 Å². The van der Waals surface area contributed by atoms with E-state index in [1.807, 2.05) is 0 Å². The van der Waals surface area contributed by atoms with E-state index >= 15 is 0 Å². The van der Waals surface area contributed by atoms with E-state index in [1.165, 1.54) is 10.6 Å². The smallest absolute Gasteiger partial charge is 0.0185 e. The Bertz CT molecular complexity index is 649. The molecule has 2 atom stereocenters. The van der Waals surface area contributed by atoms with Crippen LogP contribution >= 0.6 is 7.92 Å². The third kappa shape index (κ3) is 3.47. The summed E-state index contributed by atoms with van der Waals surface area (Å²) in [7, 11) is 3.86. The molecule has 1 aliphatic rings. The molecule has 0 fully saturated rings. The average Bonchev–Trinajstić information content (AvgIpc) is 3.05. The summed E-state index contributed by atoms with van der Waals surface area (Å²) in [5.74, 6) is 0.483. The Kier molecular flexibility index (Phi) is 5.10. The lowest BCUT2D eigenvalue weighted by molar-refractivity contribution is 0.281. The molecule has 118 valence electrons. The molecule has 0 heterocycles. The van der Waals surface area contributed by atoms with E-state index in [1.54, 1.807) is 5.31 Å². The summed E-state index contributed by atoms with van der Waals surface area (Å²) in [6.45, 7) is 2.32. The zero-order chi connectivity index (χ0) is 16.2. The first-order valence-electron chi connectivity index (χ1n) is 8.13. The largest absolute Gasteiger partial charge is 0.306 e. The summed E-state index contributed by atoms with van der Waals surface area (Å²) < 4.78 is 0. The van der Waals surface area contributed by atoms with Gasteiger partial charge in [0.25, 0.3) is 0 Å². The van der Waals surface area contributed by atoms with Crippen LogP contribution < -0.4 is 10.6 Å². The van der Waals surface area contributed by atoms with Gasteiger partial charge in [-0.3, -0.25) is 0 Å². The summed E-state index contributed by atoms with van der Waals surface area (Å²) in [5.41, 5.74) is 0. The van der Waals surface area contributed by atoms with Crippen LogP contribution in [0.1, 0.15) is 6.92 Å². The first kappa shape index (κ1) is 16.2. The zero-order valence-electron chi connectivity index (χ0n) is 14.1. The molecule has 1 nitrogen and oxygen atoms in total. The van der Waals surface area contributed by atoms with Crippen molar-refractivity contribution in [3.8, 4) is 0 Å². The van der Waals surface area contributed by atoms with Crippen LogP contribution in [-0.2, 0) is 0 Å². The van der Waals surface area contributed by atoms with Crippen molar-refractivity contribution in [3.05, 3.63) is 84.2 Å². The lowest BCUT2D eigenvalue weighted by Crippen LogP contribution is -2.32. The van der Waals surface area contributed by atoms with E-state index in [0.717, 1.165) is 0 Å². The minimum absolute atomic E-state index is 0.477. The number of hydrogen-bond donors (Lipinski definition) is 0. The fourth-order valence-corrected chi connectivity index (χ4v) is 5.71. The quantitative estimate of drug-likeness (QED) is 0.748. The van der Waals surface area contributed by atoms with Crippen LogP contribution in [0.15, 0.2) is 84.2 Å². The van der Waals surface area contributed by atoms with Crippen molar-refractivity contribution in [2.75, 3.05) is 14.1 Å². The zero-order valence-corrected chi connectivity index (χ0v) is 14.9. The molecule has 0 aromatic heterocycles. The Labute approximate surface area is 141 Å². The highest BCUT2D eigenvalue weighted by Gasteiger charge is 2.30. The minimum Gasteiger partial charge on any atom is -0.306 e. The molecule has 0 aliphatic heterocycles. The second-order valence-corrected chi connectivity index (χ2v) is 8.43. The molecule has 2 aromatic rings. The molecule has 0 N–H and O–H groups in total. The molecule has 23 heavy (non-hydrogen) atoms.